The van der Waals surface area contributed by atoms with E-state index in [1.54, 1.807) is 27.4 Å². The van der Waals surface area contributed by atoms with Gasteiger partial charge in [0.1, 0.15) is 11.5 Å². The van der Waals surface area contributed by atoms with Crippen molar-refractivity contribution in [2.24, 2.45) is 5.92 Å². The van der Waals surface area contributed by atoms with E-state index >= 15 is 0 Å². The third kappa shape index (κ3) is 4.17. The van der Waals surface area contributed by atoms with Gasteiger partial charge < -0.3 is 10.6 Å². The number of halogens is 1. The molecule has 172 valence electrons. The number of nitrogens with zero attached hydrogens (tertiary/aromatic N) is 4. The molecule has 6 rings (SSSR count). The Morgan fingerprint density at radius 2 is 2.06 bits per heavy atom. The zero-order chi connectivity index (χ0) is 23.2. The molecule has 34 heavy (non-hydrogen) atoms. The van der Waals surface area contributed by atoms with Gasteiger partial charge in [-0.2, -0.15) is 0 Å². The third-order valence-electron chi connectivity index (χ3n) is 6.42. The Morgan fingerprint density at radius 3 is 2.88 bits per heavy atom. The first kappa shape index (κ1) is 20.9. The highest BCUT2D eigenvalue weighted by Crippen LogP contribution is 2.48. The van der Waals surface area contributed by atoms with Gasteiger partial charge in [0.15, 0.2) is 0 Å². The Morgan fingerprint density at radius 1 is 1.18 bits per heavy atom. The van der Waals surface area contributed by atoms with E-state index in [1.165, 1.54) is 0 Å². The maximum absolute atomic E-state index is 12.7. The summed E-state index contributed by atoms with van der Waals surface area (Å²) in [6.07, 6.45) is 8.16. The number of carbonyl (C=O) groups excluding carboxylic acids is 1. The molecule has 0 radical (unpaired) electrons. The van der Waals surface area contributed by atoms with E-state index in [2.05, 4.69) is 20.6 Å². The summed E-state index contributed by atoms with van der Waals surface area (Å²) in [5.74, 6) is 0.574. The molecule has 3 heterocycles. The van der Waals surface area contributed by atoms with Crippen molar-refractivity contribution in [3.63, 3.8) is 0 Å². The largest absolute Gasteiger partial charge is 0.379 e. The van der Waals surface area contributed by atoms with Crippen LogP contribution in [-0.4, -0.2) is 24.8 Å². The number of pyridine rings is 1. The molecule has 2 aliphatic rings. The highest BCUT2D eigenvalue weighted by Gasteiger charge is 2.44. The Balaban J connectivity index is 1.10. The van der Waals surface area contributed by atoms with Crippen LogP contribution in [0.1, 0.15) is 42.5 Å². The van der Waals surface area contributed by atoms with Gasteiger partial charge in [0, 0.05) is 47.3 Å². The standard InChI is InChI=1S/C25H23ClN6O2/c26-16-3-1-2-15(10-16)20-12-21(20)24(33)30-22-11-17(6-8-27-22)28-13-18-14-32-23(29-18)7-9-31(25(32)34)19-4-5-19/h1-3,6-11,14,19-21H,4-5,12-13H2,(H2,27,28,30,33)/t20-,21+/m1/s1. The first-order chi connectivity index (χ1) is 16.5. The summed E-state index contributed by atoms with van der Waals surface area (Å²) in [5, 5.41) is 6.90. The summed E-state index contributed by atoms with van der Waals surface area (Å²) < 4.78 is 3.38. The molecule has 0 aliphatic heterocycles. The molecule has 0 spiro atoms. The fourth-order valence-corrected chi connectivity index (χ4v) is 4.58. The lowest BCUT2D eigenvalue weighted by atomic mass is 10.1. The lowest BCUT2D eigenvalue weighted by molar-refractivity contribution is -0.117. The molecule has 3 aromatic heterocycles. The number of amides is 1. The number of aromatic nitrogens is 4. The number of fused-ring (bicyclic) bond motifs is 1. The van der Waals surface area contributed by atoms with Crippen LogP contribution >= 0.6 is 11.6 Å². The van der Waals surface area contributed by atoms with E-state index in [1.807, 2.05) is 42.6 Å². The Labute approximate surface area is 200 Å². The summed E-state index contributed by atoms with van der Waals surface area (Å²) in [6, 6.07) is 13.5. The maximum atomic E-state index is 12.7. The summed E-state index contributed by atoms with van der Waals surface area (Å²) in [5.41, 5.74) is 3.24. The minimum Gasteiger partial charge on any atom is -0.379 e. The van der Waals surface area contributed by atoms with E-state index in [0.29, 0.717) is 29.1 Å². The van der Waals surface area contributed by atoms with E-state index in [4.69, 9.17) is 11.6 Å². The van der Waals surface area contributed by atoms with Crippen LogP contribution < -0.4 is 16.3 Å². The van der Waals surface area contributed by atoms with Gasteiger partial charge >= 0.3 is 5.69 Å². The van der Waals surface area contributed by atoms with Crippen LogP contribution in [-0.2, 0) is 11.3 Å². The predicted molar refractivity (Wildman–Crippen MR) is 130 cm³/mol. The van der Waals surface area contributed by atoms with Crippen molar-refractivity contribution >= 4 is 34.7 Å². The molecule has 1 aromatic carbocycles. The fourth-order valence-electron chi connectivity index (χ4n) is 4.38. The number of hydrogen-bond donors (Lipinski definition) is 2. The molecule has 1 amide bonds. The van der Waals surface area contributed by atoms with Gasteiger partial charge in [-0.25, -0.2) is 14.8 Å². The van der Waals surface area contributed by atoms with Crippen molar-refractivity contribution in [3.05, 3.63) is 87.8 Å². The van der Waals surface area contributed by atoms with Gasteiger partial charge in [0.05, 0.1) is 12.2 Å². The van der Waals surface area contributed by atoms with Gasteiger partial charge in [0.25, 0.3) is 0 Å². The molecule has 2 atom stereocenters. The van der Waals surface area contributed by atoms with Gasteiger partial charge in [-0.1, -0.05) is 23.7 Å². The monoisotopic (exact) mass is 474 g/mol. The van der Waals surface area contributed by atoms with Crippen molar-refractivity contribution in [1.82, 2.24) is 18.9 Å². The molecule has 2 fully saturated rings. The zero-order valence-corrected chi connectivity index (χ0v) is 19.1. The molecule has 2 N–H and O–H groups in total. The van der Waals surface area contributed by atoms with Crippen LogP contribution in [0.15, 0.2) is 65.8 Å². The second kappa shape index (κ2) is 8.29. The highest BCUT2D eigenvalue weighted by atomic mass is 35.5. The molecule has 0 unspecified atom stereocenters. The topological polar surface area (TPSA) is 93.3 Å². The summed E-state index contributed by atoms with van der Waals surface area (Å²) in [6.45, 7) is 0.446. The number of hydrogen-bond acceptors (Lipinski definition) is 5. The molecule has 9 heteroatoms. The van der Waals surface area contributed by atoms with Crippen LogP contribution in [0.5, 0.6) is 0 Å². The molecular weight excluding hydrogens is 452 g/mol. The first-order valence-electron chi connectivity index (χ1n) is 11.4. The van der Waals surface area contributed by atoms with Crippen LogP contribution in [0.2, 0.25) is 5.02 Å². The predicted octanol–water partition coefficient (Wildman–Crippen LogP) is 4.23. The van der Waals surface area contributed by atoms with Crippen molar-refractivity contribution in [3.8, 4) is 0 Å². The molecule has 0 saturated heterocycles. The van der Waals surface area contributed by atoms with E-state index < -0.39 is 0 Å². The van der Waals surface area contributed by atoms with Crippen molar-refractivity contribution in [2.45, 2.75) is 37.8 Å². The molecule has 2 saturated carbocycles. The van der Waals surface area contributed by atoms with Crippen LogP contribution in [0, 0.1) is 5.92 Å². The molecule has 0 bridgehead atoms. The second-order valence-electron chi connectivity index (χ2n) is 8.97. The van der Waals surface area contributed by atoms with Crippen LogP contribution in [0.4, 0.5) is 11.5 Å². The second-order valence-corrected chi connectivity index (χ2v) is 9.41. The van der Waals surface area contributed by atoms with E-state index in [9.17, 15) is 9.59 Å². The zero-order valence-electron chi connectivity index (χ0n) is 18.3. The lowest BCUT2D eigenvalue weighted by Crippen LogP contribution is -2.24. The van der Waals surface area contributed by atoms with Crippen LogP contribution in [0.3, 0.4) is 0 Å². The number of rotatable bonds is 7. The minimum absolute atomic E-state index is 0.0399. The quantitative estimate of drug-likeness (QED) is 0.418. The van der Waals surface area contributed by atoms with Crippen molar-refractivity contribution < 1.29 is 4.79 Å². The number of anilines is 2. The normalized spacial score (nSPS) is 19.2. The Kier molecular flexibility index (Phi) is 5.10. The number of nitrogens with one attached hydrogen (secondary N) is 2. The summed E-state index contributed by atoms with van der Waals surface area (Å²) in [4.78, 5) is 34.2. The number of benzene rings is 1. The SMILES string of the molecule is O=C(Nc1cc(NCc2cn3c(=O)n(C4CC4)ccc3n2)ccn1)[C@H]1C[C@@H]1c1cccc(Cl)c1. The summed E-state index contributed by atoms with van der Waals surface area (Å²) in [7, 11) is 0. The first-order valence-corrected chi connectivity index (χ1v) is 11.8. The minimum atomic E-state index is -0.0745. The smallest absolute Gasteiger partial charge is 0.334 e. The van der Waals surface area contributed by atoms with Crippen molar-refractivity contribution in [1.29, 1.82) is 0 Å². The molecule has 8 nitrogen and oxygen atoms in total. The van der Waals surface area contributed by atoms with Crippen molar-refractivity contribution in [2.75, 3.05) is 10.6 Å². The highest BCUT2D eigenvalue weighted by molar-refractivity contribution is 6.30. The van der Waals surface area contributed by atoms with Gasteiger partial charge in [-0.15, -0.1) is 0 Å². The van der Waals surface area contributed by atoms with Gasteiger partial charge in [-0.3, -0.25) is 13.8 Å². The average Bonchev–Trinajstić information content (AvgIpc) is 3.75. The summed E-state index contributed by atoms with van der Waals surface area (Å²) >= 11 is 6.08. The van der Waals surface area contributed by atoms with Crippen LogP contribution in [0.25, 0.3) is 5.65 Å². The van der Waals surface area contributed by atoms with E-state index in [-0.39, 0.29) is 23.4 Å². The number of carbonyl (C=O) groups is 1. The maximum Gasteiger partial charge on any atom is 0.334 e. The molecule has 2 aliphatic carbocycles. The van der Waals surface area contributed by atoms with E-state index in [0.717, 1.165) is 36.2 Å². The molecular formula is C25H23ClN6O2. The fraction of sp³-hybridized carbons (Fsp3) is 0.280. The van der Waals surface area contributed by atoms with Gasteiger partial charge in [0.2, 0.25) is 5.91 Å². The average molecular weight is 475 g/mol. The lowest BCUT2D eigenvalue weighted by Gasteiger charge is -2.08. The Hall–Kier alpha value is -3.65. The Bertz CT molecular complexity index is 1460. The third-order valence-corrected chi connectivity index (χ3v) is 6.66. The van der Waals surface area contributed by atoms with Gasteiger partial charge in [-0.05, 0) is 55.0 Å². The molecule has 4 aromatic rings. The number of imidazole rings is 1.